The number of nitrogens with two attached hydrogens (primary N) is 1. The van der Waals surface area contributed by atoms with Crippen molar-refractivity contribution in [2.75, 3.05) is 25.8 Å². The fraction of sp³-hybridized carbons (Fsp3) is 0.385. The number of thiazole rings is 1. The Balaban J connectivity index is 1.43. The lowest BCUT2D eigenvalue weighted by atomic mass is 9.98. The van der Waals surface area contributed by atoms with E-state index in [1.54, 1.807) is 36.3 Å². The Hall–Kier alpha value is -2.92. The SMILES string of the molecule is [2H]C([2H])([2H])N1CCC(c2ncc(-c3cnc(N)c(OCc4cccc(C#CC(C)(C)O)c4)c3)s2)CC1. The zero-order valence-corrected chi connectivity index (χ0v) is 19.7. The van der Waals surface area contributed by atoms with Gasteiger partial charge in [-0.25, -0.2) is 9.97 Å². The summed E-state index contributed by atoms with van der Waals surface area (Å²) in [7, 11) is 0. The highest BCUT2D eigenvalue weighted by Gasteiger charge is 2.21. The number of anilines is 1. The summed E-state index contributed by atoms with van der Waals surface area (Å²) < 4.78 is 28.8. The molecule has 1 aliphatic heterocycles. The maximum Gasteiger partial charge on any atom is 0.166 e. The molecular formula is C26H30N4O2S. The second-order valence-electron chi connectivity index (χ2n) is 8.73. The van der Waals surface area contributed by atoms with Crippen LogP contribution in [-0.4, -0.2) is 45.6 Å². The number of aromatic nitrogens is 2. The second-order valence-corrected chi connectivity index (χ2v) is 9.79. The molecule has 0 unspecified atom stereocenters. The largest absolute Gasteiger partial charge is 0.485 e. The molecule has 0 spiro atoms. The number of nitrogen functional groups attached to an aromatic ring is 1. The van der Waals surface area contributed by atoms with Gasteiger partial charge in [-0.15, -0.1) is 11.3 Å². The van der Waals surface area contributed by atoms with Crippen LogP contribution in [0.4, 0.5) is 5.82 Å². The van der Waals surface area contributed by atoms with Gasteiger partial charge in [0.1, 0.15) is 12.2 Å². The number of piperidine rings is 1. The average Bonchev–Trinajstić information content (AvgIpc) is 3.32. The van der Waals surface area contributed by atoms with Gasteiger partial charge in [0.2, 0.25) is 0 Å². The minimum absolute atomic E-state index is 0.256. The van der Waals surface area contributed by atoms with E-state index in [2.05, 4.69) is 21.8 Å². The van der Waals surface area contributed by atoms with Crippen LogP contribution in [0.25, 0.3) is 10.4 Å². The van der Waals surface area contributed by atoms with Gasteiger partial charge in [-0.1, -0.05) is 24.0 Å². The van der Waals surface area contributed by atoms with Crippen molar-refractivity contribution in [3.63, 3.8) is 0 Å². The molecule has 7 heteroatoms. The molecule has 0 atom stereocenters. The van der Waals surface area contributed by atoms with Gasteiger partial charge in [0.05, 0.1) is 9.88 Å². The van der Waals surface area contributed by atoms with Crippen LogP contribution in [0, 0.1) is 11.8 Å². The Bertz CT molecular complexity index is 1270. The second kappa shape index (κ2) is 9.92. The van der Waals surface area contributed by atoms with E-state index in [9.17, 15) is 5.11 Å². The molecule has 1 aromatic carbocycles. The van der Waals surface area contributed by atoms with E-state index in [-0.39, 0.29) is 5.92 Å². The van der Waals surface area contributed by atoms with E-state index in [4.69, 9.17) is 14.6 Å². The monoisotopic (exact) mass is 465 g/mol. The third kappa shape index (κ3) is 6.32. The molecule has 0 amide bonds. The fourth-order valence-corrected chi connectivity index (χ4v) is 4.63. The Labute approximate surface area is 203 Å². The topological polar surface area (TPSA) is 84.5 Å². The Morgan fingerprint density at radius 3 is 2.85 bits per heavy atom. The summed E-state index contributed by atoms with van der Waals surface area (Å²) in [5, 5.41) is 10.8. The molecule has 3 N–H and O–H groups in total. The van der Waals surface area contributed by atoms with Crippen LogP contribution in [-0.2, 0) is 6.61 Å². The number of rotatable bonds is 5. The quantitative estimate of drug-likeness (QED) is 0.547. The molecule has 0 radical (unpaired) electrons. The third-order valence-electron chi connectivity index (χ3n) is 5.37. The number of ether oxygens (including phenoxy) is 1. The fourth-order valence-electron chi connectivity index (χ4n) is 3.57. The number of nitrogens with zero attached hydrogens (tertiary/aromatic N) is 3. The predicted molar refractivity (Wildman–Crippen MR) is 133 cm³/mol. The number of pyridine rings is 1. The zero-order valence-electron chi connectivity index (χ0n) is 21.8. The van der Waals surface area contributed by atoms with Crippen molar-refractivity contribution in [1.82, 2.24) is 14.9 Å². The van der Waals surface area contributed by atoms with Crippen LogP contribution < -0.4 is 10.5 Å². The molecular weight excluding hydrogens is 432 g/mol. The van der Waals surface area contributed by atoms with Crippen LogP contribution in [0.15, 0.2) is 42.7 Å². The molecule has 1 fully saturated rings. The van der Waals surface area contributed by atoms with Crippen molar-refractivity contribution in [2.45, 2.75) is 44.8 Å². The first-order valence-corrected chi connectivity index (χ1v) is 11.7. The Morgan fingerprint density at radius 1 is 1.27 bits per heavy atom. The summed E-state index contributed by atoms with van der Waals surface area (Å²) in [6, 6.07) is 9.50. The summed E-state index contributed by atoms with van der Waals surface area (Å²) in [5.41, 5.74) is 7.60. The first-order chi connectivity index (χ1) is 17.0. The van der Waals surface area contributed by atoms with Crippen molar-refractivity contribution < 1.29 is 14.0 Å². The zero-order chi connectivity index (χ0) is 25.9. The van der Waals surface area contributed by atoms with Gasteiger partial charge in [-0.05, 0) is 70.5 Å². The number of hydrogen-bond donors (Lipinski definition) is 2. The highest BCUT2D eigenvalue weighted by Crippen LogP contribution is 2.36. The summed E-state index contributed by atoms with van der Waals surface area (Å²) in [4.78, 5) is 11.5. The predicted octanol–water partition coefficient (Wildman–Crippen LogP) is 4.30. The van der Waals surface area contributed by atoms with E-state index in [1.165, 1.54) is 0 Å². The van der Waals surface area contributed by atoms with Gasteiger partial charge < -0.3 is 20.5 Å². The standard InChI is InChI=1S/C26H30N4O2S/c1-26(2,31)10-7-18-5-4-6-19(13-18)17-32-22-14-21(15-28-24(22)27)23-16-29-25(33-23)20-8-11-30(3)12-9-20/h4-6,13-16,20,31H,8-9,11-12,17H2,1-3H3,(H2,27,28)/i3D3. The minimum Gasteiger partial charge on any atom is -0.485 e. The molecule has 172 valence electrons. The molecule has 4 rings (SSSR count). The van der Waals surface area contributed by atoms with E-state index in [0.29, 0.717) is 31.3 Å². The summed E-state index contributed by atoms with van der Waals surface area (Å²) in [6.45, 7) is 2.64. The van der Waals surface area contributed by atoms with Gasteiger partial charge in [0, 0.05) is 33.6 Å². The lowest BCUT2D eigenvalue weighted by Gasteiger charge is -2.27. The van der Waals surface area contributed by atoms with Crippen molar-refractivity contribution in [1.29, 1.82) is 0 Å². The molecule has 3 aromatic rings. The molecule has 0 bridgehead atoms. The van der Waals surface area contributed by atoms with Crippen LogP contribution in [0.1, 0.15) is 52.9 Å². The number of hydrogen-bond acceptors (Lipinski definition) is 7. The summed E-state index contributed by atoms with van der Waals surface area (Å²) >= 11 is 1.60. The Morgan fingerprint density at radius 2 is 2.09 bits per heavy atom. The molecule has 33 heavy (non-hydrogen) atoms. The van der Waals surface area contributed by atoms with Crippen LogP contribution in [0.3, 0.4) is 0 Å². The van der Waals surface area contributed by atoms with Crippen molar-refractivity contribution in [3.8, 4) is 28.0 Å². The van der Waals surface area contributed by atoms with Crippen LogP contribution in [0.2, 0.25) is 0 Å². The summed E-state index contributed by atoms with van der Waals surface area (Å²) in [6.07, 6.45) is 5.10. The maximum atomic E-state index is 9.82. The minimum atomic E-state index is -2.03. The van der Waals surface area contributed by atoms with Gasteiger partial charge in [0.15, 0.2) is 11.6 Å². The molecule has 6 nitrogen and oxygen atoms in total. The van der Waals surface area contributed by atoms with Crippen LogP contribution >= 0.6 is 11.3 Å². The normalized spacial score (nSPS) is 16.9. The molecule has 1 aliphatic rings. The van der Waals surface area contributed by atoms with Crippen LogP contribution in [0.5, 0.6) is 5.75 Å². The lowest BCUT2D eigenvalue weighted by Crippen LogP contribution is -2.29. The maximum absolute atomic E-state index is 9.82. The number of benzene rings is 1. The molecule has 0 aliphatic carbocycles. The van der Waals surface area contributed by atoms with E-state index in [1.807, 2.05) is 36.5 Å². The highest BCUT2D eigenvalue weighted by molar-refractivity contribution is 7.15. The van der Waals surface area contributed by atoms with E-state index < -0.39 is 12.6 Å². The Kier molecular flexibility index (Phi) is 5.87. The van der Waals surface area contributed by atoms with Crippen molar-refractivity contribution >= 4 is 17.2 Å². The molecule has 2 aromatic heterocycles. The van der Waals surface area contributed by atoms with Gasteiger partial charge in [-0.3, -0.25) is 0 Å². The number of likely N-dealkylation sites (tertiary alicyclic amines) is 1. The summed E-state index contributed by atoms with van der Waals surface area (Å²) in [5.74, 6) is 6.83. The molecule has 3 heterocycles. The smallest absolute Gasteiger partial charge is 0.166 e. The average molecular weight is 466 g/mol. The van der Waals surface area contributed by atoms with E-state index in [0.717, 1.165) is 39.4 Å². The van der Waals surface area contributed by atoms with Gasteiger partial charge >= 0.3 is 0 Å². The first-order valence-electron chi connectivity index (χ1n) is 12.4. The highest BCUT2D eigenvalue weighted by atomic mass is 32.1. The van der Waals surface area contributed by atoms with Crippen molar-refractivity contribution in [3.05, 3.63) is 58.9 Å². The van der Waals surface area contributed by atoms with Crippen molar-refractivity contribution in [2.24, 2.45) is 0 Å². The van der Waals surface area contributed by atoms with Gasteiger partial charge in [0.25, 0.3) is 0 Å². The third-order valence-corrected chi connectivity index (χ3v) is 6.58. The lowest BCUT2D eigenvalue weighted by molar-refractivity contribution is 0.143. The molecule has 0 saturated carbocycles. The van der Waals surface area contributed by atoms with E-state index >= 15 is 0 Å². The number of aliphatic hydroxyl groups is 1. The molecule has 1 saturated heterocycles. The van der Waals surface area contributed by atoms with Gasteiger partial charge in [-0.2, -0.15) is 0 Å². The first kappa shape index (κ1) is 19.5.